The molecule has 20 heavy (non-hydrogen) atoms. The molecule has 3 N–H and O–H groups in total. The van der Waals surface area contributed by atoms with Gasteiger partial charge in [0.25, 0.3) is 0 Å². The number of carbonyl (C=O) groups excluding carboxylic acids is 1. The van der Waals surface area contributed by atoms with Crippen molar-refractivity contribution in [1.29, 1.82) is 0 Å². The normalized spacial score (nSPS) is 22.6. The zero-order valence-electron chi connectivity index (χ0n) is 11.7. The van der Waals surface area contributed by atoms with Crippen LogP contribution in [0.1, 0.15) is 25.8 Å². The maximum absolute atomic E-state index is 11.4. The number of hydrogen-bond acceptors (Lipinski definition) is 5. The Hall–Kier alpha value is -2.08. The number of hydrogen-bond donors (Lipinski definition) is 3. The number of amides is 1. The van der Waals surface area contributed by atoms with E-state index in [0.29, 0.717) is 13.0 Å². The molecule has 1 fully saturated rings. The van der Waals surface area contributed by atoms with Crippen molar-refractivity contribution >= 4 is 12.1 Å². The summed E-state index contributed by atoms with van der Waals surface area (Å²) >= 11 is 0. The maximum atomic E-state index is 11.4. The second kappa shape index (κ2) is 6.91. The Morgan fingerprint density at radius 2 is 2.20 bits per heavy atom. The summed E-state index contributed by atoms with van der Waals surface area (Å²) in [5, 5.41) is 10.1. The molecule has 0 radical (unpaired) electrons. The Kier molecular flexibility index (Phi) is 4.95. The van der Waals surface area contributed by atoms with E-state index in [1.165, 1.54) is 0 Å². The minimum atomic E-state index is -0.329. The first-order valence-electron chi connectivity index (χ1n) is 6.74. The molecule has 0 bridgehead atoms. The van der Waals surface area contributed by atoms with Crippen LogP contribution in [-0.4, -0.2) is 31.1 Å². The van der Waals surface area contributed by atoms with Gasteiger partial charge >= 0.3 is 0 Å². The third-order valence-corrected chi connectivity index (χ3v) is 2.86. The van der Waals surface area contributed by atoms with Crippen molar-refractivity contribution < 1.29 is 9.53 Å². The van der Waals surface area contributed by atoms with Crippen LogP contribution in [0.3, 0.4) is 0 Å². The summed E-state index contributed by atoms with van der Waals surface area (Å²) in [5.41, 5.74) is 3.82. The largest absolute Gasteiger partial charge is 0.494 e. The van der Waals surface area contributed by atoms with Gasteiger partial charge in [0.1, 0.15) is 5.75 Å². The van der Waals surface area contributed by atoms with Gasteiger partial charge in [0.05, 0.1) is 12.8 Å². The van der Waals surface area contributed by atoms with E-state index in [9.17, 15) is 4.79 Å². The van der Waals surface area contributed by atoms with Crippen molar-refractivity contribution in [2.45, 2.75) is 32.6 Å². The summed E-state index contributed by atoms with van der Waals surface area (Å²) in [6.07, 6.45) is 1.86. The van der Waals surface area contributed by atoms with Crippen molar-refractivity contribution in [3.63, 3.8) is 0 Å². The van der Waals surface area contributed by atoms with Crippen LogP contribution in [0.25, 0.3) is 0 Å². The molecule has 6 heteroatoms. The van der Waals surface area contributed by atoms with Crippen molar-refractivity contribution in [2.75, 3.05) is 6.61 Å². The van der Waals surface area contributed by atoms with E-state index in [1.54, 1.807) is 6.21 Å². The predicted octanol–water partition coefficient (Wildman–Crippen LogP) is 0.790. The molecule has 1 amide bonds. The lowest BCUT2D eigenvalue weighted by Gasteiger charge is -2.28. The molecule has 1 aliphatic rings. The molecule has 0 saturated carbocycles. The standard InChI is InChI=1S/C14H20N4O2/c1-3-20-12-6-4-11(5-7-12)9-15-18-14-16-10(2)8-13(19)17-14/h4-7,9-10,14,16,18H,3,8H2,1-2H3,(H,17,19)/b15-9+. The molecule has 1 aliphatic heterocycles. The highest BCUT2D eigenvalue weighted by Crippen LogP contribution is 2.10. The summed E-state index contributed by atoms with van der Waals surface area (Å²) in [5.74, 6) is 0.859. The number of ether oxygens (including phenoxy) is 1. The monoisotopic (exact) mass is 276 g/mol. The molecular weight excluding hydrogens is 256 g/mol. The molecule has 6 nitrogen and oxygen atoms in total. The maximum Gasteiger partial charge on any atom is 0.224 e. The van der Waals surface area contributed by atoms with Crippen LogP contribution in [0.4, 0.5) is 0 Å². The van der Waals surface area contributed by atoms with Gasteiger partial charge in [-0.05, 0) is 43.7 Å². The minimum absolute atomic E-state index is 0.0185. The fraction of sp³-hybridized carbons (Fsp3) is 0.429. The smallest absolute Gasteiger partial charge is 0.224 e. The van der Waals surface area contributed by atoms with Crippen molar-refractivity contribution in [1.82, 2.24) is 16.1 Å². The first-order chi connectivity index (χ1) is 9.67. The number of rotatable bonds is 5. The predicted molar refractivity (Wildman–Crippen MR) is 77.5 cm³/mol. The van der Waals surface area contributed by atoms with E-state index in [-0.39, 0.29) is 18.2 Å². The van der Waals surface area contributed by atoms with Gasteiger partial charge < -0.3 is 10.1 Å². The Bertz CT molecular complexity index is 473. The average Bonchev–Trinajstić information content (AvgIpc) is 2.40. The SMILES string of the molecule is CCOc1ccc(/C=N/NC2NC(=O)CC(C)N2)cc1. The third kappa shape index (κ3) is 4.24. The number of hydrazone groups is 1. The number of benzene rings is 1. The van der Waals surface area contributed by atoms with E-state index >= 15 is 0 Å². The molecule has 1 aromatic rings. The van der Waals surface area contributed by atoms with Crippen LogP contribution in [0.2, 0.25) is 0 Å². The zero-order chi connectivity index (χ0) is 14.4. The van der Waals surface area contributed by atoms with E-state index in [0.717, 1.165) is 11.3 Å². The fourth-order valence-corrected chi connectivity index (χ4v) is 1.96. The zero-order valence-corrected chi connectivity index (χ0v) is 11.7. The highest BCUT2D eigenvalue weighted by molar-refractivity contribution is 5.79. The van der Waals surface area contributed by atoms with Crippen LogP contribution in [0, 0.1) is 0 Å². The van der Waals surface area contributed by atoms with Crippen LogP contribution >= 0.6 is 0 Å². The van der Waals surface area contributed by atoms with Crippen LogP contribution in [0.15, 0.2) is 29.4 Å². The summed E-state index contributed by atoms with van der Waals surface area (Å²) < 4.78 is 5.37. The van der Waals surface area contributed by atoms with E-state index in [1.807, 2.05) is 38.1 Å². The summed E-state index contributed by atoms with van der Waals surface area (Å²) in [6, 6.07) is 7.78. The van der Waals surface area contributed by atoms with Crippen LogP contribution in [-0.2, 0) is 4.79 Å². The van der Waals surface area contributed by atoms with Gasteiger partial charge in [-0.1, -0.05) is 0 Å². The van der Waals surface area contributed by atoms with Gasteiger partial charge in [-0.15, -0.1) is 0 Å². The molecule has 1 saturated heterocycles. The first kappa shape index (κ1) is 14.3. The Labute approximate surface area is 118 Å². The molecule has 2 atom stereocenters. The van der Waals surface area contributed by atoms with Gasteiger partial charge in [0.2, 0.25) is 5.91 Å². The minimum Gasteiger partial charge on any atom is -0.494 e. The van der Waals surface area contributed by atoms with Gasteiger partial charge in [0, 0.05) is 12.5 Å². The number of carbonyl (C=O) groups is 1. The lowest BCUT2D eigenvalue weighted by atomic mass is 10.2. The molecule has 0 aromatic heterocycles. The number of nitrogens with one attached hydrogen (secondary N) is 3. The van der Waals surface area contributed by atoms with Gasteiger partial charge in [-0.3, -0.25) is 15.5 Å². The molecule has 0 aliphatic carbocycles. The van der Waals surface area contributed by atoms with Crippen molar-refractivity contribution in [2.24, 2.45) is 5.10 Å². The van der Waals surface area contributed by atoms with Gasteiger partial charge in [-0.25, -0.2) is 0 Å². The van der Waals surface area contributed by atoms with Crippen molar-refractivity contribution in [3.05, 3.63) is 29.8 Å². The quantitative estimate of drug-likeness (QED) is 0.549. The fourth-order valence-electron chi connectivity index (χ4n) is 1.96. The summed E-state index contributed by atoms with van der Waals surface area (Å²) in [7, 11) is 0. The topological polar surface area (TPSA) is 74.8 Å². The van der Waals surface area contributed by atoms with Gasteiger partial charge in [0.15, 0.2) is 6.29 Å². The van der Waals surface area contributed by atoms with Crippen LogP contribution < -0.4 is 20.8 Å². The molecule has 2 unspecified atom stereocenters. The molecule has 2 rings (SSSR count). The van der Waals surface area contributed by atoms with E-state index < -0.39 is 0 Å². The Morgan fingerprint density at radius 3 is 2.85 bits per heavy atom. The molecular formula is C14H20N4O2. The lowest BCUT2D eigenvalue weighted by molar-refractivity contribution is -0.124. The van der Waals surface area contributed by atoms with E-state index in [4.69, 9.17) is 4.74 Å². The summed E-state index contributed by atoms with van der Waals surface area (Å²) in [4.78, 5) is 11.4. The lowest BCUT2D eigenvalue weighted by Crippen LogP contribution is -2.60. The highest BCUT2D eigenvalue weighted by atomic mass is 16.5. The Morgan fingerprint density at radius 1 is 1.45 bits per heavy atom. The van der Waals surface area contributed by atoms with Crippen LogP contribution in [0.5, 0.6) is 5.75 Å². The number of nitrogens with zero attached hydrogens (tertiary/aromatic N) is 1. The van der Waals surface area contributed by atoms with Crippen molar-refractivity contribution in [3.8, 4) is 5.75 Å². The second-order valence-corrected chi connectivity index (χ2v) is 4.66. The highest BCUT2D eigenvalue weighted by Gasteiger charge is 2.21. The molecule has 1 aromatic carbocycles. The molecule has 108 valence electrons. The Balaban J connectivity index is 1.85. The molecule has 1 heterocycles. The van der Waals surface area contributed by atoms with E-state index in [2.05, 4.69) is 21.2 Å². The average molecular weight is 276 g/mol. The van der Waals surface area contributed by atoms with Gasteiger partial charge in [-0.2, -0.15) is 5.10 Å². The molecule has 0 spiro atoms. The third-order valence-electron chi connectivity index (χ3n) is 2.86. The first-order valence-corrected chi connectivity index (χ1v) is 6.74. The summed E-state index contributed by atoms with van der Waals surface area (Å²) in [6.45, 7) is 4.57. The second-order valence-electron chi connectivity index (χ2n) is 4.66.